The van der Waals surface area contributed by atoms with Crippen LogP contribution in [0.25, 0.3) is 0 Å². The van der Waals surface area contributed by atoms with E-state index in [2.05, 4.69) is 4.98 Å². The van der Waals surface area contributed by atoms with Crippen molar-refractivity contribution in [2.45, 2.75) is 58.4 Å². The van der Waals surface area contributed by atoms with E-state index in [0.29, 0.717) is 31.0 Å². The summed E-state index contributed by atoms with van der Waals surface area (Å²) in [7, 11) is -3.71. The number of pyridine rings is 1. The van der Waals surface area contributed by atoms with Gasteiger partial charge in [-0.2, -0.15) is 17.5 Å². The molecule has 1 N–H and O–H groups in total. The first-order chi connectivity index (χ1) is 14.7. The smallest absolute Gasteiger partial charge is 0.392 e. The van der Waals surface area contributed by atoms with E-state index in [1.807, 2.05) is 13.8 Å². The van der Waals surface area contributed by atoms with Gasteiger partial charge in [-0.1, -0.05) is 13.8 Å². The predicted molar refractivity (Wildman–Crippen MR) is 111 cm³/mol. The van der Waals surface area contributed by atoms with Crippen LogP contribution in [0, 0.1) is 22.6 Å². The van der Waals surface area contributed by atoms with Crippen molar-refractivity contribution in [1.82, 2.24) is 9.29 Å². The first-order valence-electron chi connectivity index (χ1n) is 10.8. The fourth-order valence-corrected chi connectivity index (χ4v) is 8.43. The lowest BCUT2D eigenvalue weighted by molar-refractivity contribution is -0.138. The van der Waals surface area contributed by atoms with Crippen molar-refractivity contribution in [2.24, 2.45) is 16.7 Å². The van der Waals surface area contributed by atoms with Crippen LogP contribution in [0.3, 0.4) is 0 Å². The molecule has 2 saturated carbocycles. The first-order valence-corrected chi connectivity index (χ1v) is 12.5. The van der Waals surface area contributed by atoms with Crippen molar-refractivity contribution in [1.29, 1.82) is 0 Å². The van der Waals surface area contributed by atoms with E-state index >= 15 is 0 Å². The molecule has 32 heavy (non-hydrogen) atoms. The third kappa shape index (κ3) is 3.60. The van der Waals surface area contributed by atoms with Gasteiger partial charge >= 0.3 is 6.18 Å². The van der Waals surface area contributed by atoms with Gasteiger partial charge in [0.05, 0.1) is 17.4 Å². The Morgan fingerprint density at radius 2 is 1.97 bits per heavy atom. The highest BCUT2D eigenvalue weighted by Crippen LogP contribution is 2.66. The van der Waals surface area contributed by atoms with Gasteiger partial charge in [-0.15, -0.1) is 0 Å². The van der Waals surface area contributed by atoms with Gasteiger partial charge in [-0.3, -0.25) is 0 Å². The molecule has 0 aromatic carbocycles. The van der Waals surface area contributed by atoms with Crippen molar-refractivity contribution in [3.63, 3.8) is 0 Å². The fraction of sp³-hybridized carbons (Fsp3) is 0.762. The number of anilines is 1. The summed E-state index contributed by atoms with van der Waals surface area (Å²) in [6.07, 6.45) is -2.57. The van der Waals surface area contributed by atoms with Crippen LogP contribution in [0.2, 0.25) is 0 Å². The van der Waals surface area contributed by atoms with Crippen molar-refractivity contribution in [2.75, 3.05) is 30.3 Å². The monoisotopic (exact) mass is 479 g/mol. The van der Waals surface area contributed by atoms with Crippen LogP contribution in [0.15, 0.2) is 12.3 Å². The molecule has 3 fully saturated rings. The predicted octanol–water partition coefficient (Wildman–Crippen LogP) is 3.27. The number of alkyl halides is 3. The zero-order valence-corrected chi connectivity index (χ0v) is 19.2. The summed E-state index contributed by atoms with van der Waals surface area (Å²) < 4.78 is 80.9. The molecule has 0 amide bonds. The van der Waals surface area contributed by atoms with Crippen LogP contribution in [0.5, 0.6) is 0 Å². The number of hydrogen-bond donors (Lipinski definition) is 1. The lowest BCUT2D eigenvalue weighted by Crippen LogP contribution is -2.56. The molecule has 1 aliphatic heterocycles. The minimum atomic E-state index is -4.69. The van der Waals surface area contributed by atoms with Gasteiger partial charge in [0.15, 0.2) is 11.6 Å². The van der Waals surface area contributed by atoms with E-state index in [1.165, 1.54) is 9.21 Å². The Kier molecular flexibility index (Phi) is 5.57. The number of rotatable bonds is 4. The number of aliphatic hydroxyl groups is 1. The molecule has 1 aromatic rings. The zero-order valence-electron chi connectivity index (χ0n) is 18.4. The third-order valence-electron chi connectivity index (χ3n) is 8.23. The van der Waals surface area contributed by atoms with Gasteiger partial charge in [-0.05, 0) is 43.6 Å². The second kappa shape index (κ2) is 7.53. The molecule has 2 aliphatic carbocycles. The molecule has 11 heteroatoms. The average molecular weight is 480 g/mol. The molecule has 2 heterocycles. The Hall–Kier alpha value is -1.46. The number of halogens is 4. The highest BCUT2D eigenvalue weighted by atomic mass is 32.2. The van der Waals surface area contributed by atoms with Crippen molar-refractivity contribution in [3.05, 3.63) is 23.6 Å². The Labute approximate surface area is 185 Å². The number of hydrogen-bond acceptors (Lipinski definition) is 5. The Morgan fingerprint density at radius 3 is 2.47 bits per heavy atom. The van der Waals surface area contributed by atoms with E-state index in [4.69, 9.17) is 0 Å². The van der Waals surface area contributed by atoms with Crippen LogP contribution in [-0.4, -0.2) is 60.3 Å². The molecule has 180 valence electrons. The van der Waals surface area contributed by atoms with E-state index in [0.717, 1.165) is 6.42 Å². The summed E-state index contributed by atoms with van der Waals surface area (Å²) in [5, 5.41) is 10.7. The number of aromatic nitrogens is 1. The van der Waals surface area contributed by atoms with Crippen LogP contribution in [0.1, 0.15) is 45.6 Å². The Balaban J connectivity index is 1.50. The van der Waals surface area contributed by atoms with Crippen molar-refractivity contribution in [3.8, 4) is 0 Å². The molecule has 0 spiro atoms. The molecule has 1 unspecified atom stereocenters. The third-order valence-corrected chi connectivity index (χ3v) is 10.2. The molecule has 0 radical (unpaired) electrons. The summed E-state index contributed by atoms with van der Waals surface area (Å²) in [5.41, 5.74) is -2.13. The van der Waals surface area contributed by atoms with E-state index in [-0.39, 0.29) is 36.6 Å². The first kappa shape index (κ1) is 23.7. The molecule has 4 atom stereocenters. The SMILES string of the molecule is C[C@H]1CN(S(=O)(=O)C[C@@]23CC[C@H](CC2O)C3(C)C)CCN1c1ncc(C(F)(F)F)cc1F. The molecule has 4 rings (SSSR count). The summed E-state index contributed by atoms with van der Waals surface area (Å²) in [5.74, 6) is -1.14. The largest absolute Gasteiger partial charge is 0.417 e. The van der Waals surface area contributed by atoms with Crippen LogP contribution >= 0.6 is 0 Å². The van der Waals surface area contributed by atoms with Crippen molar-refractivity contribution < 1.29 is 31.1 Å². The summed E-state index contributed by atoms with van der Waals surface area (Å²) in [6, 6.07) is -0.0650. The summed E-state index contributed by atoms with van der Waals surface area (Å²) in [4.78, 5) is 5.18. The average Bonchev–Trinajstić information content (AvgIpc) is 3.01. The summed E-state index contributed by atoms with van der Waals surface area (Å²) in [6.45, 7) is 6.02. The quantitative estimate of drug-likeness (QED) is 0.671. The summed E-state index contributed by atoms with van der Waals surface area (Å²) >= 11 is 0. The number of fused-ring (bicyclic) bond motifs is 2. The van der Waals surface area contributed by atoms with Crippen LogP contribution in [0.4, 0.5) is 23.4 Å². The molecule has 6 nitrogen and oxygen atoms in total. The highest BCUT2D eigenvalue weighted by Gasteiger charge is 2.65. The maximum absolute atomic E-state index is 14.4. The Bertz CT molecular complexity index is 1000. The standard InChI is InChI=1S/C21H29F4N3O3S/c1-13-11-27(6-7-28(13)18-16(22)8-15(10-26-18)21(23,24)25)32(30,31)12-20-5-4-14(9-17(20)29)19(20,2)3/h8,10,13-14,17,29H,4-7,9,11-12H2,1-3H3/t13-,14+,17?,20-/m0/s1. The van der Waals surface area contributed by atoms with Gasteiger partial charge in [-0.25, -0.2) is 17.8 Å². The number of aliphatic hydroxyl groups excluding tert-OH is 1. The lowest BCUT2D eigenvalue weighted by Gasteiger charge is -2.44. The molecule has 3 aliphatic rings. The number of sulfonamides is 1. The van der Waals surface area contributed by atoms with Gasteiger partial charge in [0, 0.05) is 37.3 Å². The van der Waals surface area contributed by atoms with Crippen molar-refractivity contribution >= 4 is 15.8 Å². The lowest BCUT2D eigenvalue weighted by atomic mass is 9.70. The van der Waals surface area contributed by atoms with Crippen LogP contribution in [-0.2, 0) is 16.2 Å². The topological polar surface area (TPSA) is 73.7 Å². The molecule has 2 bridgehead atoms. The minimum absolute atomic E-state index is 0.0699. The van der Waals surface area contributed by atoms with Gasteiger partial charge in [0.2, 0.25) is 10.0 Å². The number of nitrogens with zero attached hydrogens (tertiary/aromatic N) is 3. The normalized spacial score (nSPS) is 33.1. The Morgan fingerprint density at radius 1 is 1.28 bits per heavy atom. The molecule has 1 aromatic heterocycles. The molecular weight excluding hydrogens is 450 g/mol. The van der Waals surface area contributed by atoms with Gasteiger partial charge < -0.3 is 10.0 Å². The van der Waals surface area contributed by atoms with E-state index in [1.54, 1.807) is 6.92 Å². The molecular formula is C21H29F4N3O3S. The van der Waals surface area contributed by atoms with Crippen LogP contribution < -0.4 is 4.90 Å². The highest BCUT2D eigenvalue weighted by molar-refractivity contribution is 7.89. The second-order valence-electron chi connectivity index (χ2n) is 10.0. The number of piperazine rings is 1. The van der Waals surface area contributed by atoms with E-state index < -0.39 is 45.1 Å². The van der Waals surface area contributed by atoms with Gasteiger partial charge in [0.25, 0.3) is 0 Å². The fourth-order valence-electron chi connectivity index (χ4n) is 6.08. The van der Waals surface area contributed by atoms with Gasteiger partial charge in [0.1, 0.15) is 0 Å². The minimum Gasteiger partial charge on any atom is -0.392 e. The maximum atomic E-state index is 14.4. The molecule has 1 saturated heterocycles. The maximum Gasteiger partial charge on any atom is 0.417 e. The van der Waals surface area contributed by atoms with E-state index in [9.17, 15) is 31.1 Å². The zero-order chi connectivity index (χ0) is 23.7. The second-order valence-corrected chi connectivity index (χ2v) is 12.0.